The molecule has 0 bridgehead atoms. The molecule has 0 saturated carbocycles. The highest BCUT2D eigenvalue weighted by atomic mass is 35.5. The summed E-state index contributed by atoms with van der Waals surface area (Å²) in [5, 5.41) is 13.6. The van der Waals surface area contributed by atoms with Gasteiger partial charge >= 0.3 is 6.36 Å². The number of anilines is 1. The number of benzene rings is 2. The number of nitrogens with one attached hydrogen (secondary N) is 2. The Labute approximate surface area is 237 Å². The Bertz CT molecular complexity index is 1710. The Balaban J connectivity index is 1.14. The predicted octanol–water partition coefficient (Wildman–Crippen LogP) is 5.07. The highest BCUT2D eigenvalue weighted by Gasteiger charge is 2.32. The van der Waals surface area contributed by atoms with Crippen molar-refractivity contribution in [1.29, 1.82) is 0 Å². The SMILES string of the molecule is NC(=O)c1ccc2c(c1)nc(NCCc1cnn(CCNCc3ccc(OC(F)(F)F)c(Cl)c3)c1)c1ccncc12. The van der Waals surface area contributed by atoms with Crippen LogP contribution in [0.25, 0.3) is 21.7 Å². The van der Waals surface area contributed by atoms with Gasteiger partial charge in [-0.3, -0.25) is 14.5 Å². The lowest BCUT2D eigenvalue weighted by molar-refractivity contribution is -0.274. The minimum Gasteiger partial charge on any atom is -0.404 e. The average molecular weight is 584 g/mol. The molecule has 0 radical (unpaired) electrons. The van der Waals surface area contributed by atoms with E-state index < -0.39 is 18.0 Å². The third-order valence-electron chi connectivity index (χ3n) is 6.34. The normalized spacial score (nSPS) is 11.7. The maximum atomic E-state index is 12.4. The molecule has 0 fully saturated rings. The molecule has 4 N–H and O–H groups in total. The van der Waals surface area contributed by atoms with E-state index in [1.54, 1.807) is 30.7 Å². The van der Waals surface area contributed by atoms with Gasteiger partial charge in [-0.25, -0.2) is 4.98 Å². The van der Waals surface area contributed by atoms with Crippen molar-refractivity contribution >= 4 is 45.0 Å². The summed E-state index contributed by atoms with van der Waals surface area (Å²) in [7, 11) is 0. The molecule has 3 heterocycles. The van der Waals surface area contributed by atoms with Gasteiger partial charge in [0.2, 0.25) is 5.91 Å². The molecule has 0 saturated heterocycles. The summed E-state index contributed by atoms with van der Waals surface area (Å²) in [4.78, 5) is 20.6. The number of rotatable bonds is 11. The number of pyridine rings is 2. The maximum absolute atomic E-state index is 12.4. The van der Waals surface area contributed by atoms with Crippen LogP contribution in [0.5, 0.6) is 5.75 Å². The standard InChI is InChI=1S/C28H25ClF3N7O2/c29-23-11-17(1-4-25(23)41-28(30,31)32)13-35-9-10-39-16-18(14-37-39)5-8-36-27-21-6-7-34-15-22(21)20-3-2-19(26(33)40)12-24(20)38-27/h1-4,6-7,11-12,14-16,35H,5,8-10,13H2,(H2,33,40)(H,36,38). The number of carbonyl (C=O) groups is 1. The summed E-state index contributed by atoms with van der Waals surface area (Å²) >= 11 is 5.90. The molecule has 9 nitrogen and oxygen atoms in total. The van der Waals surface area contributed by atoms with E-state index >= 15 is 0 Å². The number of primary amides is 1. The third kappa shape index (κ3) is 7.02. The van der Waals surface area contributed by atoms with Gasteiger partial charge in [0, 0.05) is 59.9 Å². The molecule has 0 aliphatic carbocycles. The summed E-state index contributed by atoms with van der Waals surface area (Å²) in [6.45, 7) is 2.21. The zero-order chi connectivity index (χ0) is 29.0. The van der Waals surface area contributed by atoms with Crippen molar-refractivity contribution in [2.45, 2.75) is 25.9 Å². The molecule has 0 aliphatic rings. The van der Waals surface area contributed by atoms with Crippen molar-refractivity contribution in [2.75, 3.05) is 18.4 Å². The average Bonchev–Trinajstić information content (AvgIpc) is 3.39. The highest BCUT2D eigenvalue weighted by Crippen LogP contribution is 2.31. The minimum absolute atomic E-state index is 0.106. The van der Waals surface area contributed by atoms with Gasteiger partial charge in [0.25, 0.3) is 0 Å². The number of nitrogens with zero attached hydrogens (tertiary/aromatic N) is 4. The molecule has 212 valence electrons. The van der Waals surface area contributed by atoms with Gasteiger partial charge in [-0.15, -0.1) is 13.2 Å². The fourth-order valence-corrected chi connectivity index (χ4v) is 4.65. The second kappa shape index (κ2) is 12.0. The van der Waals surface area contributed by atoms with Crippen molar-refractivity contribution in [3.63, 3.8) is 0 Å². The van der Waals surface area contributed by atoms with Crippen LogP contribution in [-0.4, -0.2) is 45.1 Å². The lowest BCUT2D eigenvalue weighted by Gasteiger charge is -2.12. The molecular weight excluding hydrogens is 559 g/mol. The summed E-state index contributed by atoms with van der Waals surface area (Å²) in [5.74, 6) is -0.258. The first-order valence-electron chi connectivity index (χ1n) is 12.6. The molecular formula is C28H25ClF3N7O2. The third-order valence-corrected chi connectivity index (χ3v) is 6.64. The summed E-state index contributed by atoms with van der Waals surface area (Å²) in [5.41, 5.74) is 8.25. The van der Waals surface area contributed by atoms with E-state index in [-0.39, 0.29) is 5.02 Å². The van der Waals surface area contributed by atoms with Crippen LogP contribution < -0.4 is 21.1 Å². The van der Waals surface area contributed by atoms with Crippen molar-refractivity contribution in [3.8, 4) is 5.75 Å². The van der Waals surface area contributed by atoms with Gasteiger partial charge in [0.05, 0.1) is 23.3 Å². The smallest absolute Gasteiger partial charge is 0.404 e. The van der Waals surface area contributed by atoms with Crippen molar-refractivity contribution in [3.05, 3.63) is 89.0 Å². The number of fused-ring (bicyclic) bond motifs is 3. The Kier molecular flexibility index (Phi) is 8.22. The first-order chi connectivity index (χ1) is 19.7. The molecule has 41 heavy (non-hydrogen) atoms. The van der Waals surface area contributed by atoms with E-state index in [1.807, 2.05) is 23.0 Å². The first kappa shape index (κ1) is 28.1. The minimum atomic E-state index is -4.79. The van der Waals surface area contributed by atoms with Crippen molar-refractivity contribution in [1.82, 2.24) is 25.1 Å². The first-order valence-corrected chi connectivity index (χ1v) is 13.0. The second-order valence-corrected chi connectivity index (χ2v) is 9.66. The zero-order valence-corrected chi connectivity index (χ0v) is 22.3. The van der Waals surface area contributed by atoms with Crippen LogP contribution >= 0.6 is 11.6 Å². The van der Waals surface area contributed by atoms with E-state index in [1.165, 1.54) is 18.2 Å². The Hall–Kier alpha value is -4.42. The van der Waals surface area contributed by atoms with Gasteiger partial charge in [0.1, 0.15) is 11.6 Å². The van der Waals surface area contributed by atoms with Gasteiger partial charge < -0.3 is 21.1 Å². The Morgan fingerprint density at radius 1 is 1.02 bits per heavy atom. The topological polar surface area (TPSA) is 120 Å². The Morgan fingerprint density at radius 3 is 2.66 bits per heavy atom. The number of nitrogens with two attached hydrogens (primary N) is 1. The summed E-state index contributed by atoms with van der Waals surface area (Å²) < 4.78 is 42.9. The molecule has 0 atom stereocenters. The van der Waals surface area contributed by atoms with E-state index in [9.17, 15) is 18.0 Å². The highest BCUT2D eigenvalue weighted by molar-refractivity contribution is 6.32. The maximum Gasteiger partial charge on any atom is 0.573 e. The van der Waals surface area contributed by atoms with E-state index in [0.717, 1.165) is 27.3 Å². The van der Waals surface area contributed by atoms with Crippen molar-refractivity contribution < 1.29 is 22.7 Å². The van der Waals surface area contributed by atoms with Crippen LogP contribution in [0, 0.1) is 0 Å². The molecule has 5 aromatic rings. The number of alkyl halides is 3. The molecule has 13 heteroatoms. The van der Waals surface area contributed by atoms with E-state index in [4.69, 9.17) is 22.3 Å². The van der Waals surface area contributed by atoms with Crippen LogP contribution in [0.2, 0.25) is 5.02 Å². The largest absolute Gasteiger partial charge is 0.573 e. The number of ether oxygens (including phenoxy) is 1. The molecule has 3 aromatic heterocycles. The number of hydrogen-bond donors (Lipinski definition) is 3. The van der Waals surface area contributed by atoms with Gasteiger partial charge in [-0.1, -0.05) is 23.7 Å². The molecule has 0 aliphatic heterocycles. The van der Waals surface area contributed by atoms with Crippen LogP contribution in [0.15, 0.2) is 67.3 Å². The monoisotopic (exact) mass is 583 g/mol. The molecule has 0 spiro atoms. The lowest BCUT2D eigenvalue weighted by atomic mass is 10.1. The quantitative estimate of drug-likeness (QED) is 0.147. The predicted molar refractivity (Wildman–Crippen MR) is 150 cm³/mol. The fraction of sp³-hybridized carbons (Fsp3) is 0.214. The zero-order valence-electron chi connectivity index (χ0n) is 21.6. The second-order valence-electron chi connectivity index (χ2n) is 9.26. The van der Waals surface area contributed by atoms with Crippen LogP contribution in [0.1, 0.15) is 21.5 Å². The summed E-state index contributed by atoms with van der Waals surface area (Å²) in [6, 6.07) is 11.3. The van der Waals surface area contributed by atoms with Gasteiger partial charge in [-0.05, 0) is 47.9 Å². The van der Waals surface area contributed by atoms with Gasteiger partial charge in [-0.2, -0.15) is 5.10 Å². The van der Waals surface area contributed by atoms with Crippen LogP contribution in [0.4, 0.5) is 19.0 Å². The molecule has 0 unspecified atom stereocenters. The number of carbonyl (C=O) groups excluding carboxylic acids is 1. The Morgan fingerprint density at radius 2 is 1.88 bits per heavy atom. The van der Waals surface area contributed by atoms with Gasteiger partial charge in [0.15, 0.2) is 0 Å². The van der Waals surface area contributed by atoms with Crippen LogP contribution in [0.3, 0.4) is 0 Å². The summed E-state index contributed by atoms with van der Waals surface area (Å²) in [6.07, 6.45) is 3.15. The molecule has 5 rings (SSSR count). The van der Waals surface area contributed by atoms with Crippen LogP contribution in [-0.2, 0) is 19.5 Å². The van der Waals surface area contributed by atoms with E-state index in [2.05, 4.69) is 25.5 Å². The van der Waals surface area contributed by atoms with Crippen molar-refractivity contribution in [2.24, 2.45) is 5.73 Å². The fourth-order valence-electron chi connectivity index (χ4n) is 4.41. The number of hydrogen-bond acceptors (Lipinski definition) is 7. The lowest BCUT2D eigenvalue weighted by Crippen LogP contribution is -2.20. The number of aromatic nitrogens is 4. The number of halogens is 4. The molecule has 2 aromatic carbocycles. The van der Waals surface area contributed by atoms with E-state index in [0.29, 0.717) is 49.5 Å². The number of amides is 1. The molecule has 1 amide bonds.